The smallest absolute Gasteiger partial charge is 0.369 e. The molecule has 0 radical (unpaired) electrons. The van der Waals surface area contributed by atoms with Gasteiger partial charge in [0, 0.05) is 75.3 Å². The van der Waals surface area contributed by atoms with Crippen LogP contribution in [0.25, 0.3) is 11.4 Å². The largest absolute Gasteiger partial charge is 0.416 e. The molecule has 2 N–H and O–H groups in total. The Morgan fingerprint density at radius 3 is 2.37 bits per heavy atom. The fraction of sp³-hybridized carbons (Fsp3) is 0.467. The SMILES string of the molecule is Cc1[nH]c(-c2ccc(C(F)(F)F)cc2)nc1CN1CCC(N2C(=O)NCc3ccc(N4CCN(C)CC4)cc32)CC1. The first-order valence-corrected chi connectivity index (χ1v) is 14.2. The number of piperazine rings is 1. The predicted molar refractivity (Wildman–Crippen MR) is 153 cm³/mol. The summed E-state index contributed by atoms with van der Waals surface area (Å²) in [5, 5.41) is 3.06. The van der Waals surface area contributed by atoms with Crippen molar-refractivity contribution < 1.29 is 18.0 Å². The molecule has 0 atom stereocenters. The monoisotopic (exact) mass is 567 g/mol. The van der Waals surface area contributed by atoms with Gasteiger partial charge in [0.15, 0.2) is 0 Å². The second-order valence-corrected chi connectivity index (χ2v) is 11.4. The highest BCUT2D eigenvalue weighted by Crippen LogP contribution is 2.34. The van der Waals surface area contributed by atoms with Gasteiger partial charge in [0.2, 0.25) is 0 Å². The molecule has 1 aromatic heterocycles. The van der Waals surface area contributed by atoms with Gasteiger partial charge in [0.1, 0.15) is 5.82 Å². The third kappa shape index (κ3) is 5.78. The lowest BCUT2D eigenvalue weighted by Crippen LogP contribution is -2.53. The zero-order valence-corrected chi connectivity index (χ0v) is 23.5. The number of nitrogens with one attached hydrogen (secondary N) is 2. The molecule has 3 aliphatic rings. The number of alkyl halides is 3. The van der Waals surface area contributed by atoms with E-state index in [0.717, 1.165) is 86.9 Å². The van der Waals surface area contributed by atoms with Crippen molar-refractivity contribution in [3.05, 3.63) is 65.0 Å². The fourth-order valence-electron chi connectivity index (χ4n) is 6.07. The van der Waals surface area contributed by atoms with Crippen molar-refractivity contribution in [3.8, 4) is 11.4 Å². The van der Waals surface area contributed by atoms with Crippen LogP contribution in [-0.4, -0.2) is 78.2 Å². The molecule has 0 aliphatic carbocycles. The number of halogens is 3. The van der Waals surface area contributed by atoms with Crippen LogP contribution in [0.15, 0.2) is 42.5 Å². The van der Waals surface area contributed by atoms with Gasteiger partial charge in [-0.15, -0.1) is 0 Å². The molecule has 2 amide bonds. The van der Waals surface area contributed by atoms with Crippen LogP contribution in [0.5, 0.6) is 0 Å². The number of likely N-dealkylation sites (N-methyl/N-ethyl adjacent to an activating group) is 1. The van der Waals surface area contributed by atoms with Crippen molar-refractivity contribution in [2.75, 3.05) is 56.1 Å². The first kappa shape index (κ1) is 27.6. The lowest BCUT2D eigenvalue weighted by Gasteiger charge is -2.41. The van der Waals surface area contributed by atoms with E-state index >= 15 is 0 Å². The normalized spacial score (nSPS) is 19.4. The number of anilines is 2. The van der Waals surface area contributed by atoms with Gasteiger partial charge in [-0.05, 0) is 56.6 Å². The number of imidazole rings is 1. The van der Waals surface area contributed by atoms with Crippen molar-refractivity contribution >= 4 is 17.4 Å². The Balaban J connectivity index is 1.11. The van der Waals surface area contributed by atoms with Gasteiger partial charge < -0.3 is 20.1 Å². The van der Waals surface area contributed by atoms with Crippen molar-refractivity contribution in [2.24, 2.45) is 0 Å². The van der Waals surface area contributed by atoms with Crippen LogP contribution in [0.2, 0.25) is 0 Å². The lowest BCUT2D eigenvalue weighted by atomic mass is 9.99. The molecular weight excluding hydrogens is 531 g/mol. The number of aromatic nitrogens is 2. The molecule has 3 aliphatic heterocycles. The number of urea groups is 1. The molecule has 0 saturated carbocycles. The molecule has 0 spiro atoms. The van der Waals surface area contributed by atoms with Gasteiger partial charge in [0.05, 0.1) is 16.9 Å². The number of aryl methyl sites for hydroxylation is 1. The van der Waals surface area contributed by atoms with E-state index in [-0.39, 0.29) is 12.1 Å². The van der Waals surface area contributed by atoms with Crippen LogP contribution in [-0.2, 0) is 19.3 Å². The Morgan fingerprint density at radius 1 is 0.976 bits per heavy atom. The van der Waals surface area contributed by atoms with Crippen molar-refractivity contribution in [1.29, 1.82) is 0 Å². The highest BCUT2D eigenvalue weighted by molar-refractivity contribution is 5.96. The van der Waals surface area contributed by atoms with E-state index in [9.17, 15) is 18.0 Å². The van der Waals surface area contributed by atoms with E-state index in [2.05, 4.69) is 50.2 Å². The van der Waals surface area contributed by atoms with Crippen molar-refractivity contribution in [3.63, 3.8) is 0 Å². The van der Waals surface area contributed by atoms with Gasteiger partial charge in [-0.1, -0.05) is 18.2 Å². The summed E-state index contributed by atoms with van der Waals surface area (Å²) in [6, 6.07) is 11.7. The van der Waals surface area contributed by atoms with E-state index in [4.69, 9.17) is 4.98 Å². The fourth-order valence-corrected chi connectivity index (χ4v) is 6.07. The van der Waals surface area contributed by atoms with Crippen LogP contribution < -0.4 is 15.1 Å². The van der Waals surface area contributed by atoms with Crippen LogP contribution in [0.3, 0.4) is 0 Å². The number of benzene rings is 2. The minimum atomic E-state index is -4.36. The van der Waals surface area contributed by atoms with Crippen LogP contribution >= 0.6 is 0 Å². The summed E-state index contributed by atoms with van der Waals surface area (Å²) < 4.78 is 38.8. The van der Waals surface area contributed by atoms with E-state index in [1.807, 2.05) is 11.8 Å². The number of aromatic amines is 1. The Labute approximate surface area is 238 Å². The molecule has 8 nitrogen and oxygen atoms in total. The average molecular weight is 568 g/mol. The van der Waals surface area contributed by atoms with Crippen LogP contribution in [0.4, 0.5) is 29.3 Å². The van der Waals surface area contributed by atoms with Gasteiger partial charge in [-0.2, -0.15) is 13.2 Å². The van der Waals surface area contributed by atoms with Gasteiger partial charge in [0.25, 0.3) is 0 Å². The maximum atomic E-state index is 13.1. The number of carbonyl (C=O) groups excluding carboxylic acids is 1. The summed E-state index contributed by atoms with van der Waals surface area (Å²) in [5.41, 5.74) is 5.08. The first-order valence-electron chi connectivity index (χ1n) is 14.2. The number of H-pyrrole nitrogens is 1. The number of rotatable bonds is 5. The third-order valence-electron chi connectivity index (χ3n) is 8.61. The van der Waals surface area contributed by atoms with E-state index in [0.29, 0.717) is 24.5 Å². The van der Waals surface area contributed by atoms with Crippen LogP contribution in [0, 0.1) is 6.92 Å². The summed E-state index contributed by atoms with van der Waals surface area (Å²) in [6.45, 7) is 8.80. The number of hydrogen-bond acceptors (Lipinski definition) is 5. The van der Waals surface area contributed by atoms with Gasteiger partial charge in [-0.25, -0.2) is 9.78 Å². The molecule has 2 saturated heterocycles. The number of likely N-dealkylation sites (tertiary alicyclic amines) is 1. The Kier molecular flexibility index (Phi) is 7.41. The minimum absolute atomic E-state index is 0.0317. The summed E-state index contributed by atoms with van der Waals surface area (Å²) >= 11 is 0. The summed E-state index contributed by atoms with van der Waals surface area (Å²) in [5.74, 6) is 0.568. The predicted octanol–water partition coefficient (Wildman–Crippen LogP) is 4.85. The minimum Gasteiger partial charge on any atom is -0.369 e. The number of hydrogen-bond donors (Lipinski definition) is 2. The quantitative estimate of drug-likeness (QED) is 0.462. The highest BCUT2D eigenvalue weighted by Gasteiger charge is 2.34. The zero-order chi connectivity index (χ0) is 28.7. The molecule has 6 rings (SSSR count). The molecule has 2 fully saturated rings. The molecule has 218 valence electrons. The van der Waals surface area contributed by atoms with E-state index < -0.39 is 11.7 Å². The van der Waals surface area contributed by atoms with Crippen LogP contribution in [0.1, 0.15) is 35.4 Å². The topological polar surface area (TPSA) is 70.7 Å². The second-order valence-electron chi connectivity index (χ2n) is 11.4. The van der Waals surface area contributed by atoms with Gasteiger partial charge in [-0.3, -0.25) is 9.80 Å². The van der Waals surface area contributed by atoms with E-state index in [1.54, 1.807) is 0 Å². The Morgan fingerprint density at radius 2 is 1.68 bits per heavy atom. The van der Waals surface area contributed by atoms with Gasteiger partial charge >= 0.3 is 12.2 Å². The molecule has 41 heavy (non-hydrogen) atoms. The maximum absolute atomic E-state index is 13.1. The summed E-state index contributed by atoms with van der Waals surface area (Å²) in [4.78, 5) is 30.1. The third-order valence-corrected chi connectivity index (χ3v) is 8.61. The van der Waals surface area contributed by atoms with E-state index in [1.165, 1.54) is 17.8 Å². The maximum Gasteiger partial charge on any atom is 0.416 e. The molecule has 0 unspecified atom stereocenters. The number of nitrogens with zero attached hydrogens (tertiary/aromatic N) is 5. The molecule has 11 heteroatoms. The standard InChI is InChI=1S/C30H36F3N7O/c1-20-26(36-28(35-20)21-3-6-23(7-4-21)30(31,32)33)19-38-11-9-24(10-12-38)40-27-17-25(39-15-13-37(2)14-16-39)8-5-22(27)18-34-29(40)41/h3-8,17,24H,9-16,18-19H2,1-2H3,(H,34,41)(H,35,36). The zero-order valence-electron chi connectivity index (χ0n) is 23.5. The number of piperidine rings is 1. The van der Waals surface area contributed by atoms with Crippen molar-refractivity contribution in [2.45, 2.75) is 45.1 Å². The average Bonchev–Trinajstić information content (AvgIpc) is 3.33. The first-order chi connectivity index (χ1) is 19.7. The molecule has 0 bridgehead atoms. The summed E-state index contributed by atoms with van der Waals surface area (Å²) in [7, 11) is 2.15. The molecule has 3 aromatic rings. The Hall–Kier alpha value is -3.57. The number of carbonyl (C=O) groups is 1. The van der Waals surface area contributed by atoms with Crippen molar-refractivity contribution in [1.82, 2.24) is 25.1 Å². The molecular formula is C30H36F3N7O. The number of amides is 2. The lowest BCUT2D eigenvalue weighted by molar-refractivity contribution is -0.137. The molecule has 2 aromatic carbocycles. The number of fused-ring (bicyclic) bond motifs is 1. The molecule has 4 heterocycles. The highest BCUT2D eigenvalue weighted by atomic mass is 19.4. The second kappa shape index (κ2) is 11.0. The Bertz CT molecular complexity index is 1390. The summed E-state index contributed by atoms with van der Waals surface area (Å²) in [6.07, 6.45) is -2.67.